The Bertz CT molecular complexity index is 401. The topological polar surface area (TPSA) is 47.9 Å². The first-order valence-electron chi connectivity index (χ1n) is 4.65. The Balaban J connectivity index is 2.13. The van der Waals surface area contributed by atoms with E-state index in [2.05, 4.69) is 4.99 Å². The van der Waals surface area contributed by atoms with Crippen LogP contribution in [0.1, 0.15) is 5.56 Å². The Morgan fingerprint density at radius 3 is 2.93 bits per heavy atom. The predicted octanol–water partition coefficient (Wildman–Crippen LogP) is 1.19. The molecule has 1 amide bonds. The molecule has 0 saturated carbocycles. The lowest BCUT2D eigenvalue weighted by Crippen LogP contribution is -2.19. The Hall–Kier alpha value is -1.84. The number of amides is 1. The Morgan fingerprint density at radius 2 is 2.27 bits per heavy atom. The minimum atomic E-state index is -0.499. The van der Waals surface area contributed by atoms with Gasteiger partial charge in [0, 0.05) is 6.42 Å². The first-order valence-corrected chi connectivity index (χ1v) is 4.65. The SMILES string of the molecule is COc1ccccc1CC1OC=NC1=O. The van der Waals surface area contributed by atoms with Gasteiger partial charge in [-0.25, -0.2) is 0 Å². The van der Waals surface area contributed by atoms with Gasteiger partial charge < -0.3 is 9.47 Å². The number of carbonyl (C=O) groups excluding carboxylic acids is 1. The number of hydrogen-bond acceptors (Lipinski definition) is 3. The second-order valence-corrected chi connectivity index (χ2v) is 3.21. The molecule has 1 atom stereocenters. The molecule has 0 spiro atoms. The highest BCUT2D eigenvalue weighted by Gasteiger charge is 2.24. The lowest BCUT2D eigenvalue weighted by atomic mass is 10.1. The fourth-order valence-electron chi connectivity index (χ4n) is 1.50. The molecule has 0 fully saturated rings. The van der Waals surface area contributed by atoms with Crippen molar-refractivity contribution in [3.63, 3.8) is 0 Å². The number of carbonyl (C=O) groups is 1. The number of methoxy groups -OCH3 is 1. The summed E-state index contributed by atoms with van der Waals surface area (Å²) in [6.45, 7) is 0. The number of ether oxygens (including phenoxy) is 2. The summed E-state index contributed by atoms with van der Waals surface area (Å²) >= 11 is 0. The molecule has 78 valence electrons. The van der Waals surface area contributed by atoms with Gasteiger partial charge >= 0.3 is 0 Å². The second-order valence-electron chi connectivity index (χ2n) is 3.21. The molecule has 2 rings (SSSR count). The van der Waals surface area contributed by atoms with Crippen molar-refractivity contribution in [3.8, 4) is 5.75 Å². The van der Waals surface area contributed by atoms with E-state index in [1.807, 2.05) is 24.3 Å². The molecule has 4 heteroatoms. The van der Waals surface area contributed by atoms with Gasteiger partial charge in [-0.15, -0.1) is 0 Å². The third-order valence-corrected chi connectivity index (χ3v) is 2.28. The quantitative estimate of drug-likeness (QED) is 0.744. The Morgan fingerprint density at radius 1 is 1.47 bits per heavy atom. The standard InChI is InChI=1S/C11H11NO3/c1-14-9-5-3-2-4-8(9)6-10-11(13)12-7-15-10/h2-5,7,10H,6H2,1H3. The highest BCUT2D eigenvalue weighted by atomic mass is 16.5. The van der Waals surface area contributed by atoms with Crippen molar-refractivity contribution in [2.75, 3.05) is 7.11 Å². The number of benzene rings is 1. The molecule has 0 aromatic heterocycles. The van der Waals surface area contributed by atoms with Crippen molar-refractivity contribution in [1.29, 1.82) is 0 Å². The molecule has 1 aliphatic rings. The van der Waals surface area contributed by atoms with Gasteiger partial charge in [0.15, 0.2) is 12.5 Å². The van der Waals surface area contributed by atoms with Gasteiger partial charge in [-0.3, -0.25) is 4.79 Å². The number of para-hydroxylation sites is 1. The monoisotopic (exact) mass is 205 g/mol. The van der Waals surface area contributed by atoms with Gasteiger partial charge in [-0.05, 0) is 11.6 Å². The van der Waals surface area contributed by atoms with Gasteiger partial charge in [0.25, 0.3) is 5.91 Å². The van der Waals surface area contributed by atoms with Gasteiger partial charge in [0.1, 0.15) is 5.75 Å². The highest BCUT2D eigenvalue weighted by Crippen LogP contribution is 2.20. The van der Waals surface area contributed by atoms with Crippen LogP contribution in [0.2, 0.25) is 0 Å². The van der Waals surface area contributed by atoms with Crippen molar-refractivity contribution >= 4 is 12.3 Å². The van der Waals surface area contributed by atoms with Crippen molar-refractivity contribution < 1.29 is 14.3 Å². The van der Waals surface area contributed by atoms with Crippen molar-refractivity contribution in [1.82, 2.24) is 0 Å². The predicted molar refractivity (Wildman–Crippen MR) is 55.1 cm³/mol. The van der Waals surface area contributed by atoms with Crippen LogP contribution in [-0.4, -0.2) is 25.5 Å². The van der Waals surface area contributed by atoms with Gasteiger partial charge in [-0.2, -0.15) is 4.99 Å². The van der Waals surface area contributed by atoms with Crippen LogP contribution < -0.4 is 4.74 Å². The van der Waals surface area contributed by atoms with Gasteiger partial charge in [0.05, 0.1) is 7.11 Å². The van der Waals surface area contributed by atoms with Crippen molar-refractivity contribution in [3.05, 3.63) is 29.8 Å². The number of hydrogen-bond donors (Lipinski definition) is 0. The molecule has 0 N–H and O–H groups in total. The zero-order valence-corrected chi connectivity index (χ0v) is 8.34. The van der Waals surface area contributed by atoms with E-state index >= 15 is 0 Å². The number of aliphatic imine (C=N–C) groups is 1. The molecule has 0 aliphatic carbocycles. The first kappa shape index (κ1) is 9.71. The lowest BCUT2D eigenvalue weighted by molar-refractivity contribution is -0.122. The van der Waals surface area contributed by atoms with Crippen molar-refractivity contribution in [2.24, 2.45) is 4.99 Å². The van der Waals surface area contributed by atoms with Crippen LogP contribution in [0.3, 0.4) is 0 Å². The Kier molecular flexibility index (Phi) is 2.67. The summed E-state index contributed by atoms with van der Waals surface area (Å²) in [4.78, 5) is 14.8. The molecular formula is C11H11NO3. The van der Waals surface area contributed by atoms with Crippen LogP contribution in [0.4, 0.5) is 0 Å². The molecular weight excluding hydrogens is 194 g/mol. The zero-order valence-electron chi connectivity index (χ0n) is 8.34. The van der Waals surface area contributed by atoms with Gasteiger partial charge in [0.2, 0.25) is 0 Å². The minimum Gasteiger partial charge on any atom is -0.496 e. The van der Waals surface area contributed by atoms with Crippen LogP contribution in [0.5, 0.6) is 5.75 Å². The van der Waals surface area contributed by atoms with Crippen LogP contribution >= 0.6 is 0 Å². The van der Waals surface area contributed by atoms with Crippen LogP contribution in [-0.2, 0) is 16.0 Å². The summed E-state index contributed by atoms with van der Waals surface area (Å²) in [6, 6.07) is 7.55. The summed E-state index contributed by atoms with van der Waals surface area (Å²) in [7, 11) is 1.60. The third-order valence-electron chi connectivity index (χ3n) is 2.28. The first-order chi connectivity index (χ1) is 7.31. The van der Waals surface area contributed by atoms with Crippen molar-refractivity contribution in [2.45, 2.75) is 12.5 Å². The molecule has 1 aliphatic heterocycles. The maximum Gasteiger partial charge on any atom is 0.289 e. The smallest absolute Gasteiger partial charge is 0.289 e. The molecule has 0 saturated heterocycles. The summed E-state index contributed by atoms with van der Waals surface area (Å²) in [6.07, 6.45) is 1.19. The van der Waals surface area contributed by atoms with E-state index in [-0.39, 0.29) is 5.91 Å². The molecule has 1 aromatic carbocycles. The molecule has 0 radical (unpaired) electrons. The molecule has 1 unspecified atom stereocenters. The van der Waals surface area contributed by atoms with E-state index < -0.39 is 6.10 Å². The fourth-order valence-corrected chi connectivity index (χ4v) is 1.50. The van der Waals surface area contributed by atoms with E-state index in [1.165, 1.54) is 6.40 Å². The average molecular weight is 205 g/mol. The van der Waals surface area contributed by atoms with E-state index in [0.29, 0.717) is 6.42 Å². The Labute approximate surface area is 87.5 Å². The van der Waals surface area contributed by atoms with E-state index in [0.717, 1.165) is 11.3 Å². The lowest BCUT2D eigenvalue weighted by Gasteiger charge is -2.10. The second kappa shape index (κ2) is 4.13. The van der Waals surface area contributed by atoms with Gasteiger partial charge in [-0.1, -0.05) is 18.2 Å². The highest BCUT2D eigenvalue weighted by molar-refractivity contribution is 5.91. The van der Waals surface area contributed by atoms with Crippen LogP contribution in [0, 0.1) is 0 Å². The molecule has 15 heavy (non-hydrogen) atoms. The number of nitrogens with zero attached hydrogens (tertiary/aromatic N) is 1. The fraction of sp³-hybridized carbons (Fsp3) is 0.273. The molecule has 1 aromatic rings. The summed E-state index contributed by atoms with van der Waals surface area (Å²) in [5.41, 5.74) is 0.948. The van der Waals surface area contributed by atoms with Crippen LogP contribution in [0.25, 0.3) is 0 Å². The average Bonchev–Trinajstić information content (AvgIpc) is 2.65. The van der Waals surface area contributed by atoms with E-state index in [4.69, 9.17) is 9.47 Å². The maximum absolute atomic E-state index is 11.2. The van der Waals surface area contributed by atoms with E-state index in [9.17, 15) is 4.79 Å². The number of rotatable bonds is 3. The largest absolute Gasteiger partial charge is 0.496 e. The third kappa shape index (κ3) is 1.98. The van der Waals surface area contributed by atoms with Crippen LogP contribution in [0.15, 0.2) is 29.3 Å². The molecule has 1 heterocycles. The maximum atomic E-state index is 11.2. The summed E-state index contributed by atoms with van der Waals surface area (Å²) in [5.74, 6) is 0.529. The zero-order chi connectivity index (χ0) is 10.7. The van der Waals surface area contributed by atoms with E-state index in [1.54, 1.807) is 7.11 Å². The normalized spacial score (nSPS) is 19.0. The summed E-state index contributed by atoms with van der Waals surface area (Å²) in [5, 5.41) is 0. The summed E-state index contributed by atoms with van der Waals surface area (Å²) < 4.78 is 10.3. The molecule has 0 bridgehead atoms. The minimum absolute atomic E-state index is 0.235. The molecule has 4 nitrogen and oxygen atoms in total.